The average molecular weight is 351 g/mol. The van der Waals surface area contributed by atoms with E-state index in [9.17, 15) is 8.42 Å². The van der Waals surface area contributed by atoms with Crippen LogP contribution in [0.4, 0.5) is 0 Å². The Balaban J connectivity index is 2.23. The highest BCUT2D eigenvalue weighted by atomic mass is 35.5. The summed E-state index contributed by atoms with van der Waals surface area (Å²) in [7, 11) is -3.47. The van der Waals surface area contributed by atoms with Gasteiger partial charge in [-0.15, -0.1) is 11.3 Å². The minimum atomic E-state index is -3.47. The number of nitrogens with one attached hydrogen (secondary N) is 1. The number of sulfonamides is 1. The summed E-state index contributed by atoms with van der Waals surface area (Å²) in [5.41, 5.74) is 0.819. The van der Waals surface area contributed by atoms with Crippen LogP contribution in [-0.4, -0.2) is 37.9 Å². The van der Waals surface area contributed by atoms with E-state index in [1.165, 1.54) is 6.42 Å². The molecule has 1 fully saturated rings. The molecule has 7 heteroatoms. The lowest BCUT2D eigenvalue weighted by molar-refractivity contribution is 0.283. The Bertz CT molecular complexity index is 558. The molecule has 2 heterocycles. The van der Waals surface area contributed by atoms with Crippen LogP contribution >= 0.6 is 22.9 Å². The van der Waals surface area contributed by atoms with Crippen LogP contribution in [0.25, 0.3) is 0 Å². The molecule has 4 nitrogen and oxygen atoms in total. The Morgan fingerprint density at radius 3 is 2.67 bits per heavy atom. The highest BCUT2D eigenvalue weighted by molar-refractivity contribution is 7.91. The van der Waals surface area contributed by atoms with Gasteiger partial charge in [0.25, 0.3) is 10.0 Å². The number of piperidine rings is 1. The van der Waals surface area contributed by atoms with Gasteiger partial charge >= 0.3 is 0 Å². The highest BCUT2D eigenvalue weighted by Crippen LogP contribution is 2.32. The van der Waals surface area contributed by atoms with Crippen molar-refractivity contribution >= 4 is 33.0 Å². The molecule has 0 aliphatic carbocycles. The van der Waals surface area contributed by atoms with Crippen LogP contribution in [0.3, 0.4) is 0 Å². The van der Waals surface area contributed by atoms with Crippen LogP contribution in [0.1, 0.15) is 38.7 Å². The highest BCUT2D eigenvalue weighted by Gasteiger charge is 2.31. The van der Waals surface area contributed by atoms with Gasteiger partial charge < -0.3 is 5.32 Å². The van der Waals surface area contributed by atoms with Crippen molar-refractivity contribution in [2.24, 2.45) is 0 Å². The Morgan fingerprint density at radius 1 is 1.48 bits per heavy atom. The van der Waals surface area contributed by atoms with Gasteiger partial charge in [0, 0.05) is 18.6 Å². The molecule has 1 N–H and O–H groups in total. The van der Waals surface area contributed by atoms with E-state index in [1.807, 2.05) is 20.8 Å². The van der Waals surface area contributed by atoms with E-state index in [-0.39, 0.29) is 12.1 Å². The van der Waals surface area contributed by atoms with Gasteiger partial charge in [-0.25, -0.2) is 8.42 Å². The number of aryl methyl sites for hydroxylation is 1. The maximum Gasteiger partial charge on any atom is 0.252 e. The minimum Gasteiger partial charge on any atom is -0.313 e. The van der Waals surface area contributed by atoms with Gasteiger partial charge in [-0.2, -0.15) is 4.31 Å². The summed E-state index contributed by atoms with van der Waals surface area (Å²) in [5.74, 6) is 0. The molecule has 0 saturated carbocycles. The van der Waals surface area contributed by atoms with Gasteiger partial charge in [0.15, 0.2) is 0 Å². The first kappa shape index (κ1) is 17.2. The van der Waals surface area contributed by atoms with Crippen molar-refractivity contribution in [3.8, 4) is 0 Å². The largest absolute Gasteiger partial charge is 0.313 e. The fourth-order valence-corrected chi connectivity index (χ4v) is 6.08. The van der Waals surface area contributed by atoms with Crippen LogP contribution < -0.4 is 5.32 Å². The smallest absolute Gasteiger partial charge is 0.252 e. The second-order valence-electron chi connectivity index (χ2n) is 5.84. The minimum absolute atomic E-state index is 0.0695. The molecule has 2 rings (SSSR count). The fourth-order valence-electron chi connectivity index (χ4n) is 2.56. The van der Waals surface area contributed by atoms with E-state index in [2.05, 4.69) is 5.32 Å². The lowest BCUT2D eigenvalue weighted by Gasteiger charge is -2.32. The summed E-state index contributed by atoms with van der Waals surface area (Å²) in [4.78, 5) is 0. The summed E-state index contributed by atoms with van der Waals surface area (Å²) in [6.07, 6.45) is 3.36. The summed E-state index contributed by atoms with van der Waals surface area (Å²) in [5, 5.41) is 3.42. The van der Waals surface area contributed by atoms with Gasteiger partial charge in [0.2, 0.25) is 0 Å². The van der Waals surface area contributed by atoms with E-state index in [0.29, 0.717) is 15.1 Å². The first-order valence-corrected chi connectivity index (χ1v) is 9.97. The SMILES string of the molecule is Cc1cc(S(=O)(=O)N(CC2CCCCN2)C(C)C)sc1Cl. The topological polar surface area (TPSA) is 49.4 Å². The number of thiophene rings is 1. The Hall–Kier alpha value is -0.140. The molecule has 1 aromatic rings. The standard InChI is InChI=1S/C14H23ClN2O2S2/c1-10(2)17(9-12-6-4-5-7-16-12)21(18,19)13-8-11(3)14(15)20-13/h8,10,12,16H,4-7,9H2,1-3H3. The molecular formula is C14H23ClN2O2S2. The van der Waals surface area contributed by atoms with Crippen molar-refractivity contribution in [3.63, 3.8) is 0 Å². The predicted molar refractivity (Wildman–Crippen MR) is 88.7 cm³/mol. The summed E-state index contributed by atoms with van der Waals surface area (Å²) < 4.78 is 28.2. The van der Waals surface area contributed by atoms with Gasteiger partial charge in [-0.1, -0.05) is 18.0 Å². The summed E-state index contributed by atoms with van der Waals surface area (Å²) in [6.45, 7) is 7.17. The lowest BCUT2D eigenvalue weighted by Crippen LogP contribution is -2.48. The average Bonchev–Trinajstić information content (AvgIpc) is 2.77. The van der Waals surface area contributed by atoms with E-state index in [4.69, 9.17) is 11.6 Å². The lowest BCUT2D eigenvalue weighted by atomic mass is 10.1. The third-order valence-corrected chi connectivity index (χ3v) is 7.83. The first-order chi connectivity index (χ1) is 9.82. The molecule has 1 aliphatic heterocycles. The van der Waals surface area contributed by atoms with Crippen molar-refractivity contribution in [3.05, 3.63) is 16.0 Å². The quantitative estimate of drug-likeness (QED) is 0.886. The molecule has 0 amide bonds. The molecule has 1 aromatic heterocycles. The van der Waals surface area contributed by atoms with Gasteiger partial charge in [-0.3, -0.25) is 0 Å². The van der Waals surface area contributed by atoms with Crippen LogP contribution in [0, 0.1) is 6.92 Å². The summed E-state index contributed by atoms with van der Waals surface area (Å²) >= 11 is 7.18. The van der Waals surface area contributed by atoms with Crippen LogP contribution in [0.15, 0.2) is 10.3 Å². The molecule has 0 aromatic carbocycles. The maximum absolute atomic E-state index is 12.9. The third-order valence-electron chi connectivity index (χ3n) is 3.79. The second-order valence-corrected chi connectivity index (χ2v) is 9.61. The number of hydrogen-bond acceptors (Lipinski definition) is 4. The second kappa shape index (κ2) is 6.96. The van der Waals surface area contributed by atoms with E-state index >= 15 is 0 Å². The molecule has 0 radical (unpaired) electrons. The normalized spacial score (nSPS) is 20.4. The van der Waals surface area contributed by atoms with Crippen molar-refractivity contribution in [2.75, 3.05) is 13.1 Å². The van der Waals surface area contributed by atoms with Crippen LogP contribution in [0.2, 0.25) is 4.34 Å². The predicted octanol–water partition coefficient (Wildman–Crippen LogP) is 3.25. The number of rotatable bonds is 5. The molecule has 21 heavy (non-hydrogen) atoms. The number of halogens is 1. The Kier molecular flexibility index (Phi) is 5.71. The van der Waals surface area contributed by atoms with Crippen molar-refractivity contribution in [2.45, 2.75) is 56.3 Å². The van der Waals surface area contributed by atoms with Crippen LogP contribution in [-0.2, 0) is 10.0 Å². The monoisotopic (exact) mass is 350 g/mol. The molecule has 1 aliphatic rings. The fraction of sp³-hybridized carbons (Fsp3) is 0.714. The van der Waals surface area contributed by atoms with Gasteiger partial charge in [0.05, 0.1) is 4.34 Å². The first-order valence-electron chi connectivity index (χ1n) is 7.33. The Labute approximate surface area is 136 Å². The van der Waals surface area contributed by atoms with Gasteiger partial charge in [0.1, 0.15) is 4.21 Å². The van der Waals surface area contributed by atoms with Crippen molar-refractivity contribution in [1.82, 2.24) is 9.62 Å². The van der Waals surface area contributed by atoms with E-state index in [0.717, 1.165) is 36.3 Å². The van der Waals surface area contributed by atoms with Crippen LogP contribution in [0.5, 0.6) is 0 Å². The zero-order valence-electron chi connectivity index (χ0n) is 12.7. The third kappa shape index (κ3) is 3.99. The number of hydrogen-bond donors (Lipinski definition) is 1. The maximum atomic E-state index is 12.9. The zero-order valence-corrected chi connectivity index (χ0v) is 15.1. The molecule has 0 bridgehead atoms. The Morgan fingerprint density at radius 2 is 2.19 bits per heavy atom. The molecule has 1 unspecified atom stereocenters. The van der Waals surface area contributed by atoms with Gasteiger partial charge in [-0.05, 0) is 51.8 Å². The van der Waals surface area contributed by atoms with E-state index in [1.54, 1.807) is 10.4 Å². The molecule has 120 valence electrons. The summed E-state index contributed by atoms with van der Waals surface area (Å²) in [6, 6.07) is 1.85. The zero-order chi connectivity index (χ0) is 15.6. The van der Waals surface area contributed by atoms with Crippen molar-refractivity contribution in [1.29, 1.82) is 0 Å². The molecule has 1 atom stereocenters. The van der Waals surface area contributed by atoms with E-state index < -0.39 is 10.0 Å². The molecular weight excluding hydrogens is 328 g/mol. The number of nitrogens with zero attached hydrogens (tertiary/aromatic N) is 1. The molecule has 0 spiro atoms. The molecule has 1 saturated heterocycles. The van der Waals surface area contributed by atoms with Crippen molar-refractivity contribution < 1.29 is 8.42 Å².